The fraction of sp³-hybridized carbons (Fsp3) is 0.444. The smallest absolute Gasteiger partial charge is 0.123 e. The van der Waals surface area contributed by atoms with Crippen molar-refractivity contribution in [2.75, 3.05) is 6.54 Å². The Morgan fingerprint density at radius 1 is 1.19 bits per heavy atom. The van der Waals surface area contributed by atoms with Crippen LogP contribution in [-0.4, -0.2) is 6.54 Å². The van der Waals surface area contributed by atoms with Gasteiger partial charge in [0.15, 0.2) is 0 Å². The highest BCUT2D eigenvalue weighted by molar-refractivity contribution is 7.12. The molecule has 1 heterocycles. The molecule has 0 radical (unpaired) electrons. The molecule has 3 heteroatoms. The minimum Gasteiger partial charge on any atom is -0.306 e. The molecule has 0 aliphatic rings. The van der Waals surface area contributed by atoms with E-state index < -0.39 is 0 Å². The maximum Gasteiger partial charge on any atom is 0.123 e. The number of benzene rings is 1. The molecule has 1 atom stereocenters. The highest BCUT2D eigenvalue weighted by atomic mass is 32.1. The molecule has 0 aliphatic heterocycles. The van der Waals surface area contributed by atoms with Crippen molar-refractivity contribution in [2.24, 2.45) is 0 Å². The van der Waals surface area contributed by atoms with Gasteiger partial charge in [-0.25, -0.2) is 4.39 Å². The minimum atomic E-state index is -0.173. The van der Waals surface area contributed by atoms with Gasteiger partial charge in [0, 0.05) is 9.75 Å². The molecule has 1 aromatic carbocycles. The van der Waals surface area contributed by atoms with Gasteiger partial charge in [-0.15, -0.1) is 11.3 Å². The van der Waals surface area contributed by atoms with Crippen LogP contribution in [0.1, 0.15) is 54.6 Å². The number of hydrogen-bond donors (Lipinski definition) is 1. The summed E-state index contributed by atoms with van der Waals surface area (Å²) in [7, 11) is 0. The van der Waals surface area contributed by atoms with E-state index in [0.29, 0.717) is 0 Å². The Hall–Kier alpha value is -1.19. The molecular weight excluding hydrogens is 281 g/mol. The summed E-state index contributed by atoms with van der Waals surface area (Å²) in [6.45, 7) is 11.6. The molecule has 0 fully saturated rings. The van der Waals surface area contributed by atoms with E-state index in [1.807, 2.05) is 24.3 Å². The van der Waals surface area contributed by atoms with Crippen LogP contribution in [0.2, 0.25) is 0 Å². The maximum absolute atomic E-state index is 13.3. The standard InChI is InChI=1S/C18H24FNS/c1-6-20-17(14-8-7-13(19)11-12(14)2)15-9-10-16(21-15)18(3,4)5/h7-11,17,20H,6H2,1-5H3. The SMILES string of the molecule is CCNC(c1ccc(C(C)(C)C)s1)c1ccc(F)cc1C. The summed E-state index contributed by atoms with van der Waals surface area (Å²) in [5, 5.41) is 3.53. The summed E-state index contributed by atoms with van der Waals surface area (Å²) in [5.41, 5.74) is 2.31. The van der Waals surface area contributed by atoms with Crippen LogP contribution >= 0.6 is 11.3 Å². The Bertz CT molecular complexity index is 610. The van der Waals surface area contributed by atoms with Crippen LogP contribution < -0.4 is 5.32 Å². The van der Waals surface area contributed by atoms with Gasteiger partial charge in [0.05, 0.1) is 6.04 Å². The second kappa shape index (κ2) is 6.29. The lowest BCUT2D eigenvalue weighted by Crippen LogP contribution is -2.22. The van der Waals surface area contributed by atoms with Crippen LogP contribution in [0.25, 0.3) is 0 Å². The van der Waals surface area contributed by atoms with Crippen molar-refractivity contribution < 1.29 is 4.39 Å². The topological polar surface area (TPSA) is 12.0 Å². The number of halogens is 1. The molecule has 1 nitrogen and oxygen atoms in total. The van der Waals surface area contributed by atoms with Crippen molar-refractivity contribution in [1.82, 2.24) is 5.32 Å². The first kappa shape index (κ1) is 16.2. The molecule has 0 aliphatic carbocycles. The largest absolute Gasteiger partial charge is 0.306 e. The monoisotopic (exact) mass is 305 g/mol. The molecule has 1 N–H and O–H groups in total. The van der Waals surface area contributed by atoms with Crippen LogP contribution in [-0.2, 0) is 5.41 Å². The Morgan fingerprint density at radius 3 is 2.43 bits per heavy atom. The molecule has 0 saturated carbocycles. The van der Waals surface area contributed by atoms with Gasteiger partial charge in [0.2, 0.25) is 0 Å². The van der Waals surface area contributed by atoms with E-state index in [2.05, 4.69) is 45.1 Å². The zero-order valence-electron chi connectivity index (χ0n) is 13.5. The summed E-state index contributed by atoms with van der Waals surface area (Å²) in [4.78, 5) is 2.66. The molecule has 0 amide bonds. The second-order valence-corrected chi connectivity index (χ2v) is 7.56. The number of hydrogen-bond acceptors (Lipinski definition) is 2. The normalized spacial score (nSPS) is 13.4. The molecule has 0 spiro atoms. The third-order valence-electron chi connectivity index (χ3n) is 3.60. The Labute approximate surface area is 131 Å². The minimum absolute atomic E-state index is 0.136. The number of nitrogens with one attached hydrogen (secondary N) is 1. The van der Waals surface area contributed by atoms with Gasteiger partial charge < -0.3 is 5.32 Å². The molecule has 114 valence electrons. The maximum atomic E-state index is 13.3. The molecule has 21 heavy (non-hydrogen) atoms. The van der Waals surface area contributed by atoms with E-state index in [-0.39, 0.29) is 17.3 Å². The molecule has 2 rings (SSSR count). The van der Waals surface area contributed by atoms with Gasteiger partial charge in [-0.3, -0.25) is 0 Å². The zero-order valence-corrected chi connectivity index (χ0v) is 14.3. The van der Waals surface area contributed by atoms with Crippen LogP contribution in [0.4, 0.5) is 4.39 Å². The first-order valence-corrected chi connectivity index (χ1v) is 8.24. The van der Waals surface area contributed by atoms with E-state index >= 15 is 0 Å². The predicted molar refractivity (Wildman–Crippen MR) is 89.7 cm³/mol. The van der Waals surface area contributed by atoms with Crippen LogP contribution in [0.15, 0.2) is 30.3 Å². The van der Waals surface area contributed by atoms with E-state index in [1.165, 1.54) is 9.75 Å². The van der Waals surface area contributed by atoms with Gasteiger partial charge in [-0.1, -0.05) is 33.8 Å². The molecular formula is C18H24FNS. The van der Waals surface area contributed by atoms with Crippen molar-refractivity contribution in [1.29, 1.82) is 0 Å². The van der Waals surface area contributed by atoms with Crippen molar-refractivity contribution >= 4 is 11.3 Å². The van der Waals surface area contributed by atoms with Gasteiger partial charge in [0.1, 0.15) is 5.82 Å². The fourth-order valence-electron chi connectivity index (χ4n) is 2.44. The van der Waals surface area contributed by atoms with Crippen molar-refractivity contribution in [2.45, 2.75) is 46.1 Å². The van der Waals surface area contributed by atoms with Crippen molar-refractivity contribution in [3.63, 3.8) is 0 Å². The van der Waals surface area contributed by atoms with E-state index in [4.69, 9.17) is 0 Å². The van der Waals surface area contributed by atoms with Crippen LogP contribution in [0.3, 0.4) is 0 Å². The third kappa shape index (κ3) is 3.72. The van der Waals surface area contributed by atoms with Gasteiger partial charge in [-0.2, -0.15) is 0 Å². The highest BCUT2D eigenvalue weighted by Crippen LogP contribution is 2.35. The quantitative estimate of drug-likeness (QED) is 0.819. The molecule has 1 aromatic heterocycles. The number of thiophene rings is 1. The lowest BCUT2D eigenvalue weighted by atomic mass is 9.94. The number of rotatable bonds is 4. The van der Waals surface area contributed by atoms with Crippen molar-refractivity contribution in [3.05, 3.63) is 57.0 Å². The van der Waals surface area contributed by atoms with E-state index in [1.54, 1.807) is 12.1 Å². The lowest BCUT2D eigenvalue weighted by Gasteiger charge is -2.20. The first-order valence-electron chi connectivity index (χ1n) is 7.42. The summed E-state index contributed by atoms with van der Waals surface area (Å²) in [6.07, 6.45) is 0. The molecule has 0 bridgehead atoms. The van der Waals surface area contributed by atoms with Crippen LogP contribution in [0.5, 0.6) is 0 Å². The summed E-state index contributed by atoms with van der Waals surface area (Å²) in [6, 6.07) is 9.60. The van der Waals surface area contributed by atoms with Crippen LogP contribution in [0, 0.1) is 12.7 Å². The average molecular weight is 305 g/mol. The Morgan fingerprint density at radius 2 is 1.90 bits per heavy atom. The average Bonchev–Trinajstić information content (AvgIpc) is 2.86. The first-order chi connectivity index (χ1) is 9.82. The fourth-order valence-corrected chi connectivity index (χ4v) is 3.60. The van der Waals surface area contributed by atoms with Gasteiger partial charge in [0.25, 0.3) is 0 Å². The lowest BCUT2D eigenvalue weighted by molar-refractivity contribution is 0.604. The predicted octanol–water partition coefficient (Wildman–Crippen LogP) is 5.19. The third-order valence-corrected chi connectivity index (χ3v) is 5.18. The van der Waals surface area contributed by atoms with Crippen molar-refractivity contribution in [3.8, 4) is 0 Å². The molecule has 1 unspecified atom stereocenters. The zero-order chi connectivity index (χ0) is 15.6. The summed E-state index contributed by atoms with van der Waals surface area (Å²) in [5.74, 6) is -0.173. The molecule has 0 saturated heterocycles. The summed E-state index contributed by atoms with van der Waals surface area (Å²) < 4.78 is 13.3. The van der Waals surface area contributed by atoms with E-state index in [9.17, 15) is 4.39 Å². The number of aryl methyl sites for hydroxylation is 1. The molecule has 2 aromatic rings. The highest BCUT2D eigenvalue weighted by Gasteiger charge is 2.21. The van der Waals surface area contributed by atoms with Gasteiger partial charge in [-0.05, 0) is 54.3 Å². The second-order valence-electron chi connectivity index (χ2n) is 6.44. The Balaban J connectivity index is 2.41. The van der Waals surface area contributed by atoms with Gasteiger partial charge >= 0.3 is 0 Å². The summed E-state index contributed by atoms with van der Waals surface area (Å²) >= 11 is 1.84. The van der Waals surface area contributed by atoms with E-state index in [0.717, 1.165) is 17.7 Å². The Kier molecular flexibility index (Phi) is 4.84.